The van der Waals surface area contributed by atoms with Crippen LogP contribution in [0.1, 0.15) is 50.7 Å². The van der Waals surface area contributed by atoms with Crippen LogP contribution in [0.15, 0.2) is 10.8 Å². The van der Waals surface area contributed by atoms with E-state index in [4.69, 9.17) is 4.74 Å². The largest absolute Gasteiger partial charge is 0.389 e. The minimum Gasteiger partial charge on any atom is -0.389 e. The highest BCUT2D eigenvalue weighted by Crippen LogP contribution is 2.14. The average Bonchev–Trinajstić information content (AvgIpc) is 2.88. The van der Waals surface area contributed by atoms with E-state index in [2.05, 4.69) is 36.8 Å². The molecule has 0 saturated heterocycles. The lowest BCUT2D eigenvalue weighted by Crippen LogP contribution is -2.30. The van der Waals surface area contributed by atoms with Gasteiger partial charge in [0.05, 0.1) is 12.7 Å². The first-order chi connectivity index (χ1) is 10.2. The quantitative estimate of drug-likeness (QED) is 0.617. The van der Waals surface area contributed by atoms with Crippen molar-refractivity contribution in [2.45, 2.75) is 59.1 Å². The van der Waals surface area contributed by atoms with Gasteiger partial charge in [0.15, 0.2) is 0 Å². The molecular formula is C17H31NO2S. The highest BCUT2D eigenvalue weighted by molar-refractivity contribution is 7.08. The molecule has 0 bridgehead atoms. The van der Waals surface area contributed by atoms with Crippen LogP contribution in [-0.4, -0.2) is 31.0 Å². The fourth-order valence-corrected chi connectivity index (χ4v) is 3.13. The molecule has 21 heavy (non-hydrogen) atoms. The Labute approximate surface area is 133 Å². The molecular weight excluding hydrogens is 282 g/mol. The molecule has 0 fully saturated rings. The van der Waals surface area contributed by atoms with Crippen molar-refractivity contribution in [1.29, 1.82) is 0 Å². The molecule has 0 amide bonds. The van der Waals surface area contributed by atoms with E-state index in [0.29, 0.717) is 19.1 Å². The molecule has 1 rings (SSSR count). The third kappa shape index (κ3) is 7.96. The van der Waals surface area contributed by atoms with Gasteiger partial charge in [-0.25, -0.2) is 0 Å². The molecule has 0 radical (unpaired) electrons. The summed E-state index contributed by atoms with van der Waals surface area (Å²) in [5.74, 6) is 0.638. The summed E-state index contributed by atoms with van der Waals surface area (Å²) >= 11 is 1.72. The number of aryl methyl sites for hydroxylation is 1. The second-order valence-corrected chi connectivity index (χ2v) is 6.56. The Morgan fingerprint density at radius 2 is 2.10 bits per heavy atom. The summed E-state index contributed by atoms with van der Waals surface area (Å²) < 4.78 is 5.67. The first-order valence-electron chi connectivity index (χ1n) is 8.15. The normalized spacial score (nSPS) is 14.3. The number of ether oxygens (including phenoxy) is 1. The molecule has 0 aliphatic rings. The molecule has 3 nitrogen and oxygen atoms in total. The topological polar surface area (TPSA) is 41.5 Å². The molecule has 2 N–H and O–H groups in total. The van der Waals surface area contributed by atoms with Crippen molar-refractivity contribution in [3.8, 4) is 0 Å². The van der Waals surface area contributed by atoms with Crippen molar-refractivity contribution in [3.05, 3.63) is 21.9 Å². The van der Waals surface area contributed by atoms with E-state index in [1.165, 1.54) is 30.4 Å². The molecule has 122 valence electrons. The predicted molar refractivity (Wildman–Crippen MR) is 90.9 cm³/mol. The summed E-state index contributed by atoms with van der Waals surface area (Å²) in [6, 6.07) is 0. The Morgan fingerprint density at radius 3 is 2.71 bits per heavy atom. The molecule has 0 aromatic carbocycles. The van der Waals surface area contributed by atoms with Crippen molar-refractivity contribution >= 4 is 11.3 Å². The van der Waals surface area contributed by atoms with E-state index < -0.39 is 6.10 Å². The zero-order valence-electron chi connectivity index (χ0n) is 13.7. The lowest BCUT2D eigenvalue weighted by molar-refractivity contribution is 0.0192. The second-order valence-electron chi connectivity index (χ2n) is 5.82. The number of aliphatic hydroxyl groups excluding tert-OH is 1. The third-order valence-electron chi connectivity index (χ3n) is 3.86. The van der Waals surface area contributed by atoms with Crippen molar-refractivity contribution in [2.75, 3.05) is 19.8 Å². The smallest absolute Gasteiger partial charge is 0.0897 e. The maximum Gasteiger partial charge on any atom is 0.0897 e. The fraction of sp³-hybridized carbons (Fsp3) is 0.765. The van der Waals surface area contributed by atoms with Crippen LogP contribution in [0, 0.1) is 12.8 Å². The fourth-order valence-electron chi connectivity index (χ4n) is 2.27. The second kappa shape index (κ2) is 11.2. The Hall–Kier alpha value is -0.420. The lowest BCUT2D eigenvalue weighted by atomic mass is 10.0. The van der Waals surface area contributed by atoms with Gasteiger partial charge in [-0.15, -0.1) is 0 Å². The van der Waals surface area contributed by atoms with Gasteiger partial charge in [-0.2, -0.15) is 11.3 Å². The van der Waals surface area contributed by atoms with Crippen LogP contribution in [-0.2, 0) is 11.3 Å². The Morgan fingerprint density at radius 1 is 1.29 bits per heavy atom. The van der Waals surface area contributed by atoms with Gasteiger partial charge in [-0.05, 0) is 41.1 Å². The maximum absolute atomic E-state index is 9.92. The van der Waals surface area contributed by atoms with E-state index >= 15 is 0 Å². The molecule has 2 atom stereocenters. The number of aliphatic hydroxyl groups is 1. The summed E-state index contributed by atoms with van der Waals surface area (Å²) in [5, 5.41) is 17.5. The van der Waals surface area contributed by atoms with E-state index in [0.717, 1.165) is 19.6 Å². The van der Waals surface area contributed by atoms with Crippen molar-refractivity contribution in [1.82, 2.24) is 5.32 Å². The first-order valence-corrected chi connectivity index (χ1v) is 9.09. The van der Waals surface area contributed by atoms with Crippen LogP contribution >= 0.6 is 11.3 Å². The minimum atomic E-state index is -0.423. The monoisotopic (exact) mass is 313 g/mol. The number of rotatable bonds is 12. The summed E-state index contributed by atoms with van der Waals surface area (Å²) in [5.41, 5.74) is 2.64. The Kier molecular flexibility index (Phi) is 9.92. The van der Waals surface area contributed by atoms with Gasteiger partial charge in [-0.1, -0.05) is 33.1 Å². The zero-order valence-corrected chi connectivity index (χ0v) is 14.5. The zero-order chi connectivity index (χ0) is 15.5. The molecule has 1 heterocycles. The number of hydrogen-bond acceptors (Lipinski definition) is 4. The molecule has 2 unspecified atom stereocenters. The first kappa shape index (κ1) is 18.6. The van der Waals surface area contributed by atoms with E-state index in [9.17, 15) is 5.11 Å². The van der Waals surface area contributed by atoms with Gasteiger partial charge in [0, 0.05) is 19.7 Å². The van der Waals surface area contributed by atoms with Gasteiger partial charge in [-0.3, -0.25) is 0 Å². The molecule has 1 aromatic heterocycles. The Balaban J connectivity index is 2.08. The van der Waals surface area contributed by atoms with Gasteiger partial charge >= 0.3 is 0 Å². The number of nitrogens with one attached hydrogen (secondary N) is 1. The average molecular weight is 314 g/mol. The summed E-state index contributed by atoms with van der Waals surface area (Å²) in [7, 11) is 0. The lowest BCUT2D eigenvalue weighted by Gasteiger charge is -2.17. The number of thiophene rings is 1. The van der Waals surface area contributed by atoms with Crippen LogP contribution in [0.2, 0.25) is 0 Å². The highest BCUT2D eigenvalue weighted by Gasteiger charge is 2.09. The summed E-state index contributed by atoms with van der Waals surface area (Å²) in [6.45, 7) is 9.16. The van der Waals surface area contributed by atoms with Crippen LogP contribution < -0.4 is 5.32 Å². The van der Waals surface area contributed by atoms with Crippen LogP contribution in [0.25, 0.3) is 0 Å². The van der Waals surface area contributed by atoms with E-state index in [1.54, 1.807) is 11.3 Å². The van der Waals surface area contributed by atoms with Crippen molar-refractivity contribution < 1.29 is 9.84 Å². The molecule has 4 heteroatoms. The van der Waals surface area contributed by atoms with Crippen LogP contribution in [0.3, 0.4) is 0 Å². The number of unbranched alkanes of at least 4 members (excludes halogenated alkanes) is 1. The molecule has 0 saturated carbocycles. The third-order valence-corrected chi connectivity index (χ3v) is 4.77. The van der Waals surface area contributed by atoms with E-state index in [-0.39, 0.29) is 0 Å². The van der Waals surface area contributed by atoms with E-state index in [1.807, 2.05) is 0 Å². The summed E-state index contributed by atoms with van der Waals surface area (Å²) in [6.07, 6.45) is 4.48. The Bertz CT molecular complexity index is 367. The molecule has 0 aliphatic carbocycles. The predicted octanol–water partition coefficient (Wildman–Crippen LogP) is 3.74. The standard InChI is InChI=1S/C17H31NO2S/c1-4-6-7-15(5-2)10-20-11-17(19)9-18-8-16-13-21-12-14(16)3/h12-13,15,17-19H,4-11H2,1-3H3. The van der Waals surface area contributed by atoms with Gasteiger partial charge < -0.3 is 15.2 Å². The SMILES string of the molecule is CCCCC(CC)COCC(O)CNCc1cscc1C. The van der Waals surface area contributed by atoms with Crippen LogP contribution in [0.4, 0.5) is 0 Å². The molecule has 0 spiro atoms. The molecule has 1 aromatic rings. The van der Waals surface area contributed by atoms with Crippen LogP contribution in [0.5, 0.6) is 0 Å². The van der Waals surface area contributed by atoms with Crippen molar-refractivity contribution in [3.63, 3.8) is 0 Å². The van der Waals surface area contributed by atoms with Gasteiger partial charge in [0.2, 0.25) is 0 Å². The highest BCUT2D eigenvalue weighted by atomic mass is 32.1. The molecule has 0 aliphatic heterocycles. The maximum atomic E-state index is 9.92. The summed E-state index contributed by atoms with van der Waals surface area (Å²) in [4.78, 5) is 0. The van der Waals surface area contributed by atoms with Crippen molar-refractivity contribution in [2.24, 2.45) is 5.92 Å². The minimum absolute atomic E-state index is 0.423. The van der Waals surface area contributed by atoms with Gasteiger partial charge in [0.25, 0.3) is 0 Å². The number of hydrogen-bond donors (Lipinski definition) is 2. The van der Waals surface area contributed by atoms with Gasteiger partial charge in [0.1, 0.15) is 0 Å².